The molecule has 0 aromatic carbocycles. The summed E-state index contributed by atoms with van der Waals surface area (Å²) in [6, 6.07) is 0. The van der Waals surface area contributed by atoms with Crippen molar-refractivity contribution in [3.63, 3.8) is 0 Å². The average Bonchev–Trinajstić information content (AvgIpc) is 2.39. The van der Waals surface area contributed by atoms with Crippen LogP contribution in [0.25, 0.3) is 0 Å². The van der Waals surface area contributed by atoms with E-state index in [1.165, 1.54) is 57.8 Å². The first-order valence-electron chi connectivity index (χ1n) is 7.99. The van der Waals surface area contributed by atoms with Crippen molar-refractivity contribution in [3.05, 3.63) is 0 Å². The molecule has 0 spiro atoms. The van der Waals surface area contributed by atoms with Crippen LogP contribution in [0, 0.1) is 0 Å². The largest absolute Gasteiger partial charge is 0.396 e. The fraction of sp³-hybridized carbons (Fsp3) is 0.938. The smallest absolute Gasteiger partial charge is 0.222 e. The van der Waals surface area contributed by atoms with Crippen LogP contribution in [0.3, 0.4) is 0 Å². The summed E-state index contributed by atoms with van der Waals surface area (Å²) in [4.78, 5) is 13.0. The molecule has 0 aliphatic heterocycles. The van der Waals surface area contributed by atoms with E-state index < -0.39 is 0 Å². The van der Waals surface area contributed by atoms with Gasteiger partial charge in [-0.2, -0.15) is 0 Å². The minimum Gasteiger partial charge on any atom is -0.396 e. The monoisotopic (exact) mass is 271 g/mol. The van der Waals surface area contributed by atoms with Crippen molar-refractivity contribution in [2.24, 2.45) is 0 Å². The van der Waals surface area contributed by atoms with Crippen LogP contribution in [0.5, 0.6) is 0 Å². The lowest BCUT2D eigenvalue weighted by Crippen LogP contribution is -2.20. The molecule has 0 bridgehead atoms. The van der Waals surface area contributed by atoms with E-state index >= 15 is 0 Å². The Bertz CT molecular complexity index is 205. The van der Waals surface area contributed by atoms with Gasteiger partial charge in [-0.15, -0.1) is 0 Å². The second kappa shape index (κ2) is 13.9. The number of nitrogens with zero attached hydrogens (tertiary/aromatic N) is 1. The highest BCUT2D eigenvalue weighted by molar-refractivity contribution is 5.75. The van der Waals surface area contributed by atoms with Gasteiger partial charge in [0.25, 0.3) is 0 Å². The molecule has 3 heteroatoms. The van der Waals surface area contributed by atoms with Crippen LogP contribution in [0.1, 0.15) is 77.0 Å². The molecule has 1 N–H and O–H groups in total. The summed E-state index contributed by atoms with van der Waals surface area (Å²) in [5.74, 6) is 0.253. The summed E-state index contributed by atoms with van der Waals surface area (Å²) in [5, 5.41) is 8.65. The lowest BCUT2D eigenvalue weighted by Gasteiger charge is -2.09. The summed E-state index contributed by atoms with van der Waals surface area (Å²) in [7, 11) is 3.64. The maximum Gasteiger partial charge on any atom is 0.222 e. The van der Waals surface area contributed by atoms with E-state index in [9.17, 15) is 4.79 Å². The maximum absolute atomic E-state index is 11.3. The van der Waals surface area contributed by atoms with Gasteiger partial charge in [-0.1, -0.05) is 57.8 Å². The summed E-state index contributed by atoms with van der Waals surface area (Å²) >= 11 is 0. The molecule has 1 amide bonds. The van der Waals surface area contributed by atoms with Gasteiger partial charge in [-0.25, -0.2) is 0 Å². The maximum atomic E-state index is 11.3. The third kappa shape index (κ3) is 13.7. The van der Waals surface area contributed by atoms with E-state index in [1.807, 2.05) is 14.1 Å². The Morgan fingerprint density at radius 1 is 0.737 bits per heavy atom. The van der Waals surface area contributed by atoms with Crippen molar-refractivity contribution in [2.45, 2.75) is 77.0 Å². The highest BCUT2D eigenvalue weighted by Crippen LogP contribution is 2.12. The molecular formula is C16H33NO2. The van der Waals surface area contributed by atoms with Gasteiger partial charge in [0.1, 0.15) is 0 Å². The fourth-order valence-corrected chi connectivity index (χ4v) is 2.20. The number of amides is 1. The van der Waals surface area contributed by atoms with E-state index in [2.05, 4.69) is 0 Å². The first-order valence-corrected chi connectivity index (χ1v) is 7.99. The van der Waals surface area contributed by atoms with E-state index in [0.29, 0.717) is 13.0 Å². The van der Waals surface area contributed by atoms with Crippen LogP contribution in [0.15, 0.2) is 0 Å². The Morgan fingerprint density at radius 3 is 1.47 bits per heavy atom. The summed E-state index contributed by atoms with van der Waals surface area (Å²) in [5.41, 5.74) is 0. The Labute approximate surface area is 119 Å². The molecule has 0 heterocycles. The molecule has 0 rings (SSSR count). The van der Waals surface area contributed by atoms with Crippen LogP contribution in [-0.2, 0) is 4.79 Å². The van der Waals surface area contributed by atoms with Crippen LogP contribution < -0.4 is 0 Å². The predicted molar refractivity (Wildman–Crippen MR) is 81.2 cm³/mol. The van der Waals surface area contributed by atoms with Crippen molar-refractivity contribution in [2.75, 3.05) is 20.7 Å². The second-order valence-corrected chi connectivity index (χ2v) is 5.65. The van der Waals surface area contributed by atoms with Gasteiger partial charge in [0.2, 0.25) is 5.91 Å². The normalized spacial score (nSPS) is 10.7. The molecule has 3 nitrogen and oxygen atoms in total. The lowest BCUT2D eigenvalue weighted by molar-refractivity contribution is -0.128. The van der Waals surface area contributed by atoms with E-state index in [1.54, 1.807) is 4.90 Å². The molecule has 0 aliphatic carbocycles. The third-order valence-corrected chi connectivity index (χ3v) is 3.55. The summed E-state index contributed by atoms with van der Waals surface area (Å²) < 4.78 is 0. The molecule has 0 aromatic heterocycles. The number of rotatable bonds is 13. The highest BCUT2D eigenvalue weighted by Gasteiger charge is 2.02. The molecule has 0 fully saturated rings. The Morgan fingerprint density at radius 2 is 1.11 bits per heavy atom. The molecule has 0 radical (unpaired) electrons. The Kier molecular flexibility index (Phi) is 13.4. The SMILES string of the molecule is CN(C)C(=O)CCCCCCCCCCCCCO. The zero-order valence-electron chi connectivity index (χ0n) is 13.0. The Hall–Kier alpha value is -0.570. The van der Waals surface area contributed by atoms with Gasteiger partial charge in [-0.05, 0) is 12.8 Å². The van der Waals surface area contributed by atoms with Gasteiger partial charge in [0.15, 0.2) is 0 Å². The van der Waals surface area contributed by atoms with Crippen molar-refractivity contribution in [1.29, 1.82) is 0 Å². The molecule has 0 aliphatic rings. The minimum atomic E-state index is 0.253. The first-order chi connectivity index (χ1) is 9.18. The van der Waals surface area contributed by atoms with Crippen molar-refractivity contribution in [3.8, 4) is 0 Å². The van der Waals surface area contributed by atoms with Crippen LogP contribution in [0.2, 0.25) is 0 Å². The van der Waals surface area contributed by atoms with Gasteiger partial charge < -0.3 is 10.0 Å². The third-order valence-electron chi connectivity index (χ3n) is 3.55. The molecular weight excluding hydrogens is 238 g/mol. The standard InChI is InChI=1S/C16H33NO2/c1-17(2)16(19)14-12-10-8-6-4-3-5-7-9-11-13-15-18/h18H,3-15H2,1-2H3. The van der Waals surface area contributed by atoms with Crippen LogP contribution in [0.4, 0.5) is 0 Å². The van der Waals surface area contributed by atoms with Gasteiger partial charge in [-0.3, -0.25) is 4.79 Å². The van der Waals surface area contributed by atoms with E-state index in [4.69, 9.17) is 5.11 Å². The van der Waals surface area contributed by atoms with E-state index in [-0.39, 0.29) is 5.91 Å². The summed E-state index contributed by atoms with van der Waals surface area (Å²) in [6.07, 6.45) is 14.3. The number of aliphatic hydroxyl groups is 1. The molecule has 0 atom stereocenters. The molecule has 0 aromatic rings. The highest BCUT2D eigenvalue weighted by atomic mass is 16.2. The number of hydrogen-bond donors (Lipinski definition) is 1. The molecule has 114 valence electrons. The molecule has 0 saturated carbocycles. The quantitative estimate of drug-likeness (QED) is 0.518. The van der Waals surface area contributed by atoms with Crippen molar-refractivity contribution < 1.29 is 9.90 Å². The Balaban J connectivity index is 3.05. The van der Waals surface area contributed by atoms with Crippen molar-refractivity contribution >= 4 is 5.91 Å². The summed E-state index contributed by atoms with van der Waals surface area (Å²) in [6.45, 7) is 0.344. The van der Waals surface area contributed by atoms with Crippen LogP contribution in [-0.4, -0.2) is 36.6 Å². The number of hydrogen-bond acceptors (Lipinski definition) is 2. The first kappa shape index (κ1) is 18.4. The second-order valence-electron chi connectivity index (χ2n) is 5.65. The van der Waals surface area contributed by atoms with Crippen LogP contribution >= 0.6 is 0 Å². The minimum absolute atomic E-state index is 0.253. The number of unbranched alkanes of at least 4 members (excludes halogenated alkanes) is 10. The molecule has 0 unspecified atom stereocenters. The number of carbonyl (C=O) groups is 1. The topological polar surface area (TPSA) is 40.5 Å². The zero-order chi connectivity index (χ0) is 14.3. The predicted octanol–water partition coefficient (Wildman–Crippen LogP) is 3.75. The molecule has 19 heavy (non-hydrogen) atoms. The zero-order valence-corrected chi connectivity index (χ0v) is 13.0. The van der Waals surface area contributed by atoms with E-state index in [0.717, 1.165) is 12.8 Å². The van der Waals surface area contributed by atoms with Gasteiger partial charge >= 0.3 is 0 Å². The van der Waals surface area contributed by atoms with Gasteiger partial charge in [0.05, 0.1) is 0 Å². The fourth-order valence-electron chi connectivity index (χ4n) is 2.20. The number of carbonyl (C=O) groups excluding carboxylic acids is 1. The number of aliphatic hydroxyl groups excluding tert-OH is 1. The molecule has 0 saturated heterocycles. The van der Waals surface area contributed by atoms with Gasteiger partial charge in [0, 0.05) is 27.1 Å². The lowest BCUT2D eigenvalue weighted by atomic mass is 10.1. The average molecular weight is 271 g/mol. The van der Waals surface area contributed by atoms with Crippen molar-refractivity contribution in [1.82, 2.24) is 4.90 Å².